The maximum absolute atomic E-state index is 12.5. The van der Waals surface area contributed by atoms with Gasteiger partial charge in [-0.25, -0.2) is 0 Å². The fourth-order valence-electron chi connectivity index (χ4n) is 1.98. The van der Waals surface area contributed by atoms with Crippen molar-refractivity contribution in [2.45, 2.75) is 32.9 Å². The van der Waals surface area contributed by atoms with E-state index in [2.05, 4.69) is 15.0 Å². The second kappa shape index (κ2) is 7.45. The molecule has 2 aromatic rings. The van der Waals surface area contributed by atoms with Gasteiger partial charge in [0.2, 0.25) is 5.88 Å². The SMILES string of the molecule is CCCCOc1cc(C(=O)Nc2cc(C(F)(F)F)no2)c(O)cc1C. The van der Waals surface area contributed by atoms with E-state index in [4.69, 9.17) is 4.74 Å². The lowest BCUT2D eigenvalue weighted by Gasteiger charge is -2.12. The number of hydrogen-bond donors (Lipinski definition) is 2. The lowest BCUT2D eigenvalue weighted by atomic mass is 10.1. The Morgan fingerprint density at radius 2 is 2.08 bits per heavy atom. The predicted octanol–water partition coefficient (Wildman–Crippen LogP) is 4.14. The standard InChI is InChI=1S/C16H17F3N2O4/c1-3-4-5-24-12-7-10(11(22)6-9(12)2)15(23)20-14-8-13(21-25-14)16(17,18)19/h6-8,22H,3-5H2,1-2H3,(H,20,23). The van der Waals surface area contributed by atoms with E-state index in [9.17, 15) is 23.1 Å². The van der Waals surface area contributed by atoms with Crippen LogP contribution in [0.1, 0.15) is 41.4 Å². The molecule has 1 heterocycles. The predicted molar refractivity (Wildman–Crippen MR) is 82.7 cm³/mol. The summed E-state index contributed by atoms with van der Waals surface area (Å²) in [6.07, 6.45) is -2.93. The molecule has 1 aromatic heterocycles. The molecule has 0 aliphatic carbocycles. The van der Waals surface area contributed by atoms with E-state index in [1.54, 1.807) is 6.92 Å². The Morgan fingerprint density at radius 3 is 2.68 bits per heavy atom. The van der Waals surface area contributed by atoms with Gasteiger partial charge in [0, 0.05) is 6.07 Å². The van der Waals surface area contributed by atoms with E-state index in [1.807, 2.05) is 6.92 Å². The fourth-order valence-corrected chi connectivity index (χ4v) is 1.98. The van der Waals surface area contributed by atoms with Gasteiger partial charge >= 0.3 is 6.18 Å². The molecule has 1 amide bonds. The Morgan fingerprint density at radius 1 is 1.36 bits per heavy atom. The highest BCUT2D eigenvalue weighted by molar-refractivity contribution is 6.05. The van der Waals surface area contributed by atoms with Crippen molar-refractivity contribution in [2.24, 2.45) is 0 Å². The van der Waals surface area contributed by atoms with E-state index in [-0.39, 0.29) is 11.3 Å². The number of hydrogen-bond acceptors (Lipinski definition) is 5. The number of alkyl halides is 3. The molecule has 0 atom stereocenters. The summed E-state index contributed by atoms with van der Waals surface area (Å²) in [7, 11) is 0. The van der Waals surface area contributed by atoms with Crippen LogP contribution in [-0.4, -0.2) is 22.8 Å². The van der Waals surface area contributed by atoms with Crippen LogP contribution >= 0.6 is 0 Å². The van der Waals surface area contributed by atoms with Gasteiger partial charge in [0.1, 0.15) is 11.5 Å². The molecule has 0 spiro atoms. The number of phenols is 1. The van der Waals surface area contributed by atoms with Crippen LogP contribution in [0.5, 0.6) is 11.5 Å². The van der Waals surface area contributed by atoms with Gasteiger partial charge in [0.25, 0.3) is 5.91 Å². The Bertz CT molecular complexity index is 756. The highest BCUT2D eigenvalue weighted by Gasteiger charge is 2.35. The van der Waals surface area contributed by atoms with Gasteiger partial charge in [0.05, 0.1) is 12.2 Å². The van der Waals surface area contributed by atoms with Crippen molar-refractivity contribution >= 4 is 11.8 Å². The van der Waals surface area contributed by atoms with Crippen LogP contribution in [0.4, 0.5) is 19.1 Å². The lowest BCUT2D eigenvalue weighted by Crippen LogP contribution is -2.12. The molecule has 6 nitrogen and oxygen atoms in total. The van der Waals surface area contributed by atoms with Crippen LogP contribution in [0.15, 0.2) is 22.7 Å². The second-order valence-electron chi connectivity index (χ2n) is 5.37. The molecule has 0 aliphatic heterocycles. The Balaban J connectivity index is 2.18. The first kappa shape index (κ1) is 18.6. The van der Waals surface area contributed by atoms with E-state index >= 15 is 0 Å². The number of halogens is 3. The number of carbonyl (C=O) groups excluding carboxylic acids is 1. The van der Waals surface area contributed by atoms with Crippen LogP contribution in [0.25, 0.3) is 0 Å². The van der Waals surface area contributed by atoms with Crippen LogP contribution in [0.2, 0.25) is 0 Å². The van der Waals surface area contributed by atoms with Crippen molar-refractivity contribution in [3.8, 4) is 11.5 Å². The second-order valence-corrected chi connectivity index (χ2v) is 5.37. The normalized spacial score (nSPS) is 11.4. The highest BCUT2D eigenvalue weighted by Crippen LogP contribution is 2.31. The third-order valence-electron chi connectivity index (χ3n) is 3.33. The quantitative estimate of drug-likeness (QED) is 0.758. The molecule has 2 rings (SSSR count). The summed E-state index contributed by atoms with van der Waals surface area (Å²) < 4.78 is 47.4. The molecule has 9 heteroatoms. The minimum Gasteiger partial charge on any atom is -0.507 e. The zero-order valence-corrected chi connectivity index (χ0v) is 13.6. The first-order valence-corrected chi connectivity index (χ1v) is 7.54. The summed E-state index contributed by atoms with van der Waals surface area (Å²) in [6.45, 7) is 4.15. The average Bonchev–Trinajstić information content (AvgIpc) is 2.98. The Hall–Kier alpha value is -2.71. The van der Waals surface area contributed by atoms with Crippen molar-refractivity contribution in [3.63, 3.8) is 0 Å². The molecular weight excluding hydrogens is 341 g/mol. The summed E-state index contributed by atoms with van der Waals surface area (Å²) in [5, 5.41) is 14.9. The monoisotopic (exact) mass is 358 g/mol. The number of nitrogens with one attached hydrogen (secondary N) is 1. The van der Waals surface area contributed by atoms with E-state index in [0.717, 1.165) is 12.8 Å². The van der Waals surface area contributed by atoms with Crippen LogP contribution in [0, 0.1) is 6.92 Å². The smallest absolute Gasteiger partial charge is 0.436 e. The molecule has 25 heavy (non-hydrogen) atoms. The van der Waals surface area contributed by atoms with Crippen molar-refractivity contribution in [3.05, 3.63) is 35.0 Å². The summed E-state index contributed by atoms with van der Waals surface area (Å²) >= 11 is 0. The zero-order chi connectivity index (χ0) is 18.6. The number of benzene rings is 1. The van der Waals surface area contributed by atoms with Gasteiger partial charge in [-0.15, -0.1) is 0 Å². The van der Waals surface area contributed by atoms with Gasteiger partial charge in [-0.2, -0.15) is 13.2 Å². The minimum atomic E-state index is -4.68. The van der Waals surface area contributed by atoms with Crippen molar-refractivity contribution in [1.29, 1.82) is 0 Å². The highest BCUT2D eigenvalue weighted by atomic mass is 19.4. The number of amides is 1. The third-order valence-corrected chi connectivity index (χ3v) is 3.33. The maximum atomic E-state index is 12.5. The number of phenolic OH excluding ortho intramolecular Hbond substituents is 1. The number of anilines is 1. The topological polar surface area (TPSA) is 84.6 Å². The summed E-state index contributed by atoms with van der Waals surface area (Å²) in [6, 6.07) is 3.23. The summed E-state index contributed by atoms with van der Waals surface area (Å²) in [5.74, 6) is -1.24. The number of aromatic nitrogens is 1. The van der Waals surface area contributed by atoms with Gasteiger partial charge in [0.15, 0.2) is 5.69 Å². The van der Waals surface area contributed by atoms with Crippen molar-refractivity contribution in [1.82, 2.24) is 5.16 Å². The number of aromatic hydroxyl groups is 1. The van der Waals surface area contributed by atoms with E-state index < -0.39 is 23.7 Å². The number of carbonyl (C=O) groups is 1. The van der Waals surface area contributed by atoms with Crippen molar-refractivity contribution in [2.75, 3.05) is 11.9 Å². The molecule has 2 N–H and O–H groups in total. The molecule has 0 saturated carbocycles. The largest absolute Gasteiger partial charge is 0.507 e. The van der Waals surface area contributed by atoms with Gasteiger partial charge in [-0.1, -0.05) is 18.5 Å². The number of nitrogens with zero attached hydrogens (tertiary/aromatic N) is 1. The zero-order valence-electron chi connectivity index (χ0n) is 13.6. The van der Waals surface area contributed by atoms with Crippen LogP contribution in [-0.2, 0) is 6.18 Å². The van der Waals surface area contributed by atoms with Gasteiger partial charge in [-0.05, 0) is 31.0 Å². The van der Waals surface area contributed by atoms with Crippen molar-refractivity contribution < 1.29 is 32.3 Å². The molecule has 0 fully saturated rings. The molecule has 1 aromatic carbocycles. The van der Waals surface area contributed by atoms with Gasteiger partial charge < -0.3 is 14.4 Å². The molecular formula is C16H17F3N2O4. The van der Waals surface area contributed by atoms with E-state index in [0.29, 0.717) is 24.0 Å². The maximum Gasteiger partial charge on any atom is 0.436 e. The third kappa shape index (κ3) is 4.65. The molecule has 0 aliphatic rings. The molecule has 0 unspecified atom stereocenters. The first-order valence-electron chi connectivity index (χ1n) is 7.54. The summed E-state index contributed by atoms with van der Waals surface area (Å²) in [4.78, 5) is 12.2. The Kier molecular flexibility index (Phi) is 5.55. The molecule has 0 saturated heterocycles. The summed E-state index contributed by atoms with van der Waals surface area (Å²) in [5.41, 5.74) is -0.786. The average molecular weight is 358 g/mol. The van der Waals surface area contributed by atoms with Crippen LogP contribution in [0.3, 0.4) is 0 Å². The number of ether oxygens (including phenoxy) is 1. The van der Waals surface area contributed by atoms with E-state index in [1.165, 1.54) is 12.1 Å². The van der Waals surface area contributed by atoms with Crippen LogP contribution < -0.4 is 10.1 Å². The molecule has 0 radical (unpaired) electrons. The Labute approximate surface area is 141 Å². The number of rotatable bonds is 6. The fraction of sp³-hybridized carbons (Fsp3) is 0.375. The van der Waals surface area contributed by atoms with Gasteiger partial charge in [-0.3, -0.25) is 10.1 Å². The minimum absolute atomic E-state index is 0.151. The molecule has 136 valence electrons. The number of aryl methyl sites for hydroxylation is 1. The number of unbranched alkanes of at least 4 members (excludes halogenated alkanes) is 1. The molecule has 0 bridgehead atoms. The first-order chi connectivity index (χ1) is 11.7. The lowest BCUT2D eigenvalue weighted by molar-refractivity contribution is -0.142.